The van der Waals surface area contributed by atoms with E-state index in [1.807, 2.05) is 6.07 Å². The molecule has 0 aliphatic rings. The second-order valence-electron chi connectivity index (χ2n) is 9.17. The number of aromatic amines is 1. The minimum absolute atomic E-state index is 0.358. The Balaban J connectivity index is 1.45. The predicted molar refractivity (Wildman–Crippen MR) is 136 cm³/mol. The molecule has 1 heterocycles. The van der Waals surface area contributed by atoms with Crippen molar-refractivity contribution >= 4 is 10.9 Å². The summed E-state index contributed by atoms with van der Waals surface area (Å²) >= 11 is 0. The molecule has 0 saturated heterocycles. The van der Waals surface area contributed by atoms with Crippen molar-refractivity contribution in [1.82, 2.24) is 4.98 Å². The molecule has 2 rings (SSSR count). The first-order valence-electron chi connectivity index (χ1n) is 13.1. The molecule has 1 aromatic carbocycles. The molecule has 182 valence electrons. The van der Waals surface area contributed by atoms with Crippen molar-refractivity contribution in [1.29, 1.82) is 0 Å². The van der Waals surface area contributed by atoms with Gasteiger partial charge in [0.1, 0.15) is 0 Å². The van der Waals surface area contributed by atoms with E-state index in [0.717, 1.165) is 29.9 Å². The Kier molecular flexibility index (Phi) is 14.0. The van der Waals surface area contributed by atoms with Crippen LogP contribution in [-0.4, -0.2) is 30.9 Å². The molecule has 4 nitrogen and oxygen atoms in total. The lowest BCUT2D eigenvalue weighted by molar-refractivity contribution is 0.282. The number of rotatable bonds is 20. The molecule has 1 aromatic heterocycles. The minimum Gasteiger partial charge on any atom is -0.493 e. The maximum Gasteiger partial charge on any atom is 0.170 e. The van der Waals surface area contributed by atoms with E-state index in [4.69, 9.17) is 14.6 Å². The molecule has 0 radical (unpaired) electrons. The van der Waals surface area contributed by atoms with Crippen LogP contribution in [0.25, 0.3) is 10.9 Å². The van der Waals surface area contributed by atoms with E-state index < -0.39 is 0 Å². The third-order valence-corrected chi connectivity index (χ3v) is 6.62. The number of H-pyrrole nitrogens is 1. The van der Waals surface area contributed by atoms with Crippen molar-refractivity contribution in [2.45, 2.75) is 109 Å². The van der Waals surface area contributed by atoms with Gasteiger partial charge in [-0.25, -0.2) is 0 Å². The van der Waals surface area contributed by atoms with Gasteiger partial charge in [-0.1, -0.05) is 89.9 Å². The van der Waals surface area contributed by atoms with Crippen molar-refractivity contribution in [3.8, 4) is 11.5 Å². The smallest absolute Gasteiger partial charge is 0.170 e. The van der Waals surface area contributed by atoms with E-state index >= 15 is 0 Å². The Hall–Kier alpha value is -1.68. The largest absolute Gasteiger partial charge is 0.493 e. The van der Waals surface area contributed by atoms with Gasteiger partial charge < -0.3 is 19.6 Å². The summed E-state index contributed by atoms with van der Waals surface area (Å²) in [6.45, 7) is 0.358. The molecule has 2 N–H and O–H groups in total. The van der Waals surface area contributed by atoms with Crippen molar-refractivity contribution in [3.63, 3.8) is 0 Å². The molecular weight excluding hydrogens is 398 g/mol. The first kappa shape index (κ1) is 26.6. The molecule has 0 saturated carbocycles. The van der Waals surface area contributed by atoms with Gasteiger partial charge in [0.25, 0.3) is 0 Å². The number of aromatic nitrogens is 1. The highest BCUT2D eigenvalue weighted by molar-refractivity contribution is 5.91. The Morgan fingerprint density at radius 3 is 1.62 bits per heavy atom. The lowest BCUT2D eigenvalue weighted by atomic mass is 10.0. The maximum atomic E-state index is 8.77. The number of methoxy groups -OCH3 is 2. The quantitative estimate of drug-likeness (QED) is 0.203. The monoisotopic (exact) mass is 445 g/mol. The summed E-state index contributed by atoms with van der Waals surface area (Å²) in [5.41, 5.74) is 2.46. The Bertz CT molecular complexity index is 725. The Morgan fingerprint density at radius 2 is 1.16 bits per heavy atom. The van der Waals surface area contributed by atoms with E-state index in [2.05, 4.69) is 17.2 Å². The lowest BCUT2D eigenvalue weighted by Crippen LogP contribution is -1.93. The second kappa shape index (κ2) is 16.9. The Labute approximate surface area is 196 Å². The molecule has 0 fully saturated rings. The van der Waals surface area contributed by atoms with Gasteiger partial charge in [0.2, 0.25) is 0 Å². The van der Waals surface area contributed by atoms with Gasteiger partial charge in [0, 0.05) is 23.7 Å². The fraction of sp³-hybridized carbons (Fsp3) is 0.714. The number of unbranched alkanes of at least 4 members (excludes halogenated alkanes) is 15. The van der Waals surface area contributed by atoms with Gasteiger partial charge in [0.05, 0.1) is 14.2 Å². The zero-order valence-electron chi connectivity index (χ0n) is 20.7. The normalized spacial score (nSPS) is 11.3. The summed E-state index contributed by atoms with van der Waals surface area (Å²) in [5, 5.41) is 9.95. The second-order valence-corrected chi connectivity index (χ2v) is 9.17. The van der Waals surface area contributed by atoms with Crippen LogP contribution in [0.1, 0.15) is 108 Å². The number of hydrogen-bond donors (Lipinski definition) is 2. The topological polar surface area (TPSA) is 54.5 Å². The van der Waals surface area contributed by atoms with Crippen molar-refractivity contribution in [3.05, 3.63) is 23.9 Å². The summed E-state index contributed by atoms with van der Waals surface area (Å²) < 4.78 is 11.1. The number of aryl methyl sites for hydroxylation is 1. The third-order valence-electron chi connectivity index (χ3n) is 6.62. The lowest BCUT2D eigenvalue weighted by Gasteiger charge is -2.10. The number of ether oxygens (including phenoxy) is 2. The van der Waals surface area contributed by atoms with E-state index in [9.17, 15) is 0 Å². The zero-order chi connectivity index (χ0) is 22.9. The summed E-state index contributed by atoms with van der Waals surface area (Å²) in [5.74, 6) is 1.65. The molecule has 2 aromatic rings. The highest BCUT2D eigenvalue weighted by atomic mass is 16.5. The first-order chi connectivity index (χ1) is 15.8. The van der Waals surface area contributed by atoms with Crippen LogP contribution in [0.2, 0.25) is 0 Å². The van der Waals surface area contributed by atoms with Crippen LogP contribution in [0.3, 0.4) is 0 Å². The number of aliphatic hydroxyl groups is 1. The molecule has 0 atom stereocenters. The summed E-state index contributed by atoms with van der Waals surface area (Å²) in [4.78, 5) is 3.38. The molecule has 0 unspecified atom stereocenters. The highest BCUT2D eigenvalue weighted by Gasteiger charge is 2.14. The fourth-order valence-electron chi connectivity index (χ4n) is 4.70. The number of benzene rings is 1. The molecule has 0 aliphatic carbocycles. The molecule has 0 spiro atoms. The predicted octanol–water partition coefficient (Wildman–Crippen LogP) is 7.96. The number of nitrogens with one attached hydrogen (secondary N) is 1. The van der Waals surface area contributed by atoms with Crippen molar-refractivity contribution < 1.29 is 14.6 Å². The van der Waals surface area contributed by atoms with Crippen LogP contribution >= 0.6 is 0 Å². The van der Waals surface area contributed by atoms with Crippen LogP contribution in [-0.2, 0) is 6.42 Å². The van der Waals surface area contributed by atoms with Crippen molar-refractivity contribution in [2.24, 2.45) is 0 Å². The number of fused-ring (bicyclic) bond motifs is 1. The maximum absolute atomic E-state index is 8.77. The van der Waals surface area contributed by atoms with E-state index in [1.165, 1.54) is 107 Å². The van der Waals surface area contributed by atoms with Crippen LogP contribution < -0.4 is 9.47 Å². The highest BCUT2D eigenvalue weighted by Crippen LogP contribution is 2.37. The molecule has 32 heavy (non-hydrogen) atoms. The molecule has 0 aliphatic heterocycles. The Morgan fingerprint density at radius 1 is 0.656 bits per heavy atom. The van der Waals surface area contributed by atoms with Crippen LogP contribution in [0.15, 0.2) is 18.3 Å². The van der Waals surface area contributed by atoms with E-state index in [-0.39, 0.29) is 0 Å². The molecule has 0 bridgehead atoms. The minimum atomic E-state index is 0.358. The number of hydrogen-bond acceptors (Lipinski definition) is 3. The molecular formula is C28H47NO3. The van der Waals surface area contributed by atoms with Gasteiger partial charge in [0.15, 0.2) is 11.5 Å². The van der Waals surface area contributed by atoms with Crippen molar-refractivity contribution in [2.75, 3.05) is 20.8 Å². The van der Waals surface area contributed by atoms with Crippen LogP contribution in [0.5, 0.6) is 11.5 Å². The van der Waals surface area contributed by atoms with E-state index in [1.54, 1.807) is 14.2 Å². The van der Waals surface area contributed by atoms with Crippen LogP contribution in [0.4, 0.5) is 0 Å². The average Bonchev–Trinajstić information content (AvgIpc) is 3.23. The van der Waals surface area contributed by atoms with E-state index in [0.29, 0.717) is 6.61 Å². The standard InChI is InChI=1S/C28H47NO3/c1-31-26-21-20-25-27(28(26)32-2)24(23-29-25)19-17-15-13-11-9-7-5-3-4-6-8-10-12-14-16-18-22-30/h20-21,23,29-30H,3-19,22H2,1-2H3. The van der Waals surface area contributed by atoms with Gasteiger partial charge in [-0.2, -0.15) is 0 Å². The average molecular weight is 446 g/mol. The number of aliphatic hydroxyl groups excluding tert-OH is 1. The fourth-order valence-corrected chi connectivity index (χ4v) is 4.70. The first-order valence-corrected chi connectivity index (χ1v) is 13.1. The van der Waals surface area contributed by atoms with Gasteiger partial charge in [-0.05, 0) is 37.0 Å². The third kappa shape index (κ3) is 9.44. The SMILES string of the molecule is COc1ccc2[nH]cc(CCCCCCCCCCCCCCCCCCO)c2c1OC. The van der Waals surface area contributed by atoms with Gasteiger partial charge in [-0.15, -0.1) is 0 Å². The molecule has 0 amide bonds. The van der Waals surface area contributed by atoms with Gasteiger partial charge >= 0.3 is 0 Å². The zero-order valence-corrected chi connectivity index (χ0v) is 20.7. The summed E-state index contributed by atoms with van der Waals surface area (Å²) in [6.07, 6.45) is 24.5. The summed E-state index contributed by atoms with van der Waals surface area (Å²) in [6, 6.07) is 4.03. The summed E-state index contributed by atoms with van der Waals surface area (Å²) in [7, 11) is 3.41. The van der Waals surface area contributed by atoms with Crippen LogP contribution in [0, 0.1) is 0 Å². The molecule has 4 heteroatoms. The van der Waals surface area contributed by atoms with Gasteiger partial charge in [-0.3, -0.25) is 0 Å².